The number of benzene rings is 2. The van der Waals surface area contributed by atoms with E-state index in [0.717, 1.165) is 17.0 Å². The molecule has 0 spiro atoms. The highest BCUT2D eigenvalue weighted by Gasteiger charge is 2.04. The third-order valence-electron chi connectivity index (χ3n) is 3.01. The van der Waals surface area contributed by atoms with Crippen molar-refractivity contribution in [2.45, 2.75) is 13.8 Å². The van der Waals surface area contributed by atoms with Crippen molar-refractivity contribution in [2.24, 2.45) is 0 Å². The van der Waals surface area contributed by atoms with E-state index in [-0.39, 0.29) is 0 Å². The number of hydrogen-bond donors (Lipinski definition) is 0. The molecule has 0 aliphatic carbocycles. The lowest BCUT2D eigenvalue weighted by atomic mass is 10.2. The Morgan fingerprint density at radius 2 is 1.89 bits per heavy atom. The minimum Gasteiger partial charge on any atom is -0.473 e. The summed E-state index contributed by atoms with van der Waals surface area (Å²) in [6.07, 6.45) is 0. The number of halogens is 1. The molecule has 19 heavy (non-hydrogen) atoms. The highest BCUT2D eigenvalue weighted by Crippen LogP contribution is 2.23. The van der Waals surface area contributed by atoms with Gasteiger partial charge >= 0.3 is 0 Å². The molecule has 2 aromatic carbocycles. The molecular weight excluding hydrogens is 258 g/mol. The van der Waals surface area contributed by atoms with Gasteiger partial charge in [-0.3, -0.25) is 0 Å². The zero-order valence-corrected chi connectivity index (χ0v) is 12.2. The number of aryl methyl sites for hydroxylation is 2. The van der Waals surface area contributed by atoms with Crippen molar-refractivity contribution in [1.29, 1.82) is 0 Å². The SMILES string of the molecule is Cc1cccc(N(C)COc2cc(Cl)ccc2C)c1. The summed E-state index contributed by atoms with van der Waals surface area (Å²) in [5.74, 6) is 0.826. The standard InChI is InChI=1S/C16H18ClNO/c1-12-5-4-6-15(9-12)18(3)11-19-16-10-14(17)8-7-13(16)2/h4-10H,11H2,1-3H3. The number of rotatable bonds is 4. The molecule has 0 N–H and O–H groups in total. The van der Waals surface area contributed by atoms with Crippen LogP contribution in [0.3, 0.4) is 0 Å². The van der Waals surface area contributed by atoms with Gasteiger partial charge in [0.25, 0.3) is 0 Å². The van der Waals surface area contributed by atoms with Crippen LogP contribution in [0.5, 0.6) is 5.75 Å². The molecule has 2 nitrogen and oxygen atoms in total. The Bertz CT molecular complexity index is 568. The van der Waals surface area contributed by atoms with Gasteiger partial charge in [-0.15, -0.1) is 0 Å². The summed E-state index contributed by atoms with van der Waals surface area (Å²) in [5, 5.41) is 0.693. The summed E-state index contributed by atoms with van der Waals surface area (Å²) in [4.78, 5) is 2.06. The van der Waals surface area contributed by atoms with Crippen LogP contribution in [0.25, 0.3) is 0 Å². The fourth-order valence-corrected chi connectivity index (χ4v) is 2.00. The zero-order valence-electron chi connectivity index (χ0n) is 11.5. The van der Waals surface area contributed by atoms with Gasteiger partial charge in [-0.05, 0) is 49.2 Å². The maximum absolute atomic E-state index is 5.98. The van der Waals surface area contributed by atoms with E-state index in [1.54, 1.807) is 0 Å². The summed E-state index contributed by atoms with van der Waals surface area (Å²) in [5.41, 5.74) is 3.46. The van der Waals surface area contributed by atoms with Crippen molar-refractivity contribution >= 4 is 17.3 Å². The van der Waals surface area contributed by atoms with E-state index in [1.807, 2.05) is 38.2 Å². The number of anilines is 1. The molecule has 0 saturated heterocycles. The van der Waals surface area contributed by atoms with Crippen LogP contribution in [-0.4, -0.2) is 13.8 Å². The molecule has 0 unspecified atom stereocenters. The summed E-state index contributed by atoms with van der Waals surface area (Å²) in [6, 6.07) is 14.0. The van der Waals surface area contributed by atoms with Crippen molar-refractivity contribution in [2.75, 3.05) is 18.7 Å². The second-order valence-electron chi connectivity index (χ2n) is 4.72. The van der Waals surface area contributed by atoms with Crippen LogP contribution in [0, 0.1) is 13.8 Å². The lowest BCUT2D eigenvalue weighted by Crippen LogP contribution is -2.23. The van der Waals surface area contributed by atoms with Gasteiger partial charge in [0.15, 0.2) is 6.73 Å². The summed E-state index contributed by atoms with van der Waals surface area (Å²) in [7, 11) is 2.01. The monoisotopic (exact) mass is 275 g/mol. The predicted octanol–water partition coefficient (Wildman–Crippen LogP) is 4.43. The van der Waals surface area contributed by atoms with Crippen molar-refractivity contribution in [3.63, 3.8) is 0 Å². The second-order valence-corrected chi connectivity index (χ2v) is 5.16. The van der Waals surface area contributed by atoms with Crippen LogP contribution >= 0.6 is 11.6 Å². The molecule has 0 atom stereocenters. The molecule has 0 radical (unpaired) electrons. The summed E-state index contributed by atoms with van der Waals surface area (Å²) >= 11 is 5.98. The second kappa shape index (κ2) is 5.98. The average Bonchev–Trinajstić information content (AvgIpc) is 2.39. The lowest BCUT2D eigenvalue weighted by molar-refractivity contribution is 0.319. The van der Waals surface area contributed by atoms with Gasteiger partial charge in [0, 0.05) is 17.8 Å². The quantitative estimate of drug-likeness (QED) is 0.766. The Morgan fingerprint density at radius 1 is 1.11 bits per heavy atom. The van der Waals surface area contributed by atoms with E-state index in [1.165, 1.54) is 5.56 Å². The van der Waals surface area contributed by atoms with Gasteiger partial charge in [-0.2, -0.15) is 0 Å². The van der Waals surface area contributed by atoms with Gasteiger partial charge in [-0.1, -0.05) is 29.8 Å². The van der Waals surface area contributed by atoms with Crippen molar-refractivity contribution < 1.29 is 4.74 Å². The van der Waals surface area contributed by atoms with Gasteiger partial charge in [0.05, 0.1) is 0 Å². The van der Waals surface area contributed by atoms with Crippen molar-refractivity contribution in [1.82, 2.24) is 0 Å². The smallest absolute Gasteiger partial charge is 0.161 e. The minimum atomic E-state index is 0.491. The molecule has 0 aliphatic heterocycles. The highest BCUT2D eigenvalue weighted by atomic mass is 35.5. The van der Waals surface area contributed by atoms with Gasteiger partial charge in [0.2, 0.25) is 0 Å². The van der Waals surface area contributed by atoms with Gasteiger partial charge in [-0.25, -0.2) is 0 Å². The van der Waals surface area contributed by atoms with Crippen LogP contribution in [0.1, 0.15) is 11.1 Å². The Labute approximate surface area is 119 Å². The molecule has 100 valence electrons. The zero-order chi connectivity index (χ0) is 13.8. The Hall–Kier alpha value is -1.67. The molecule has 0 fully saturated rings. The van der Waals surface area contributed by atoms with E-state index < -0.39 is 0 Å². The summed E-state index contributed by atoms with van der Waals surface area (Å²) in [6.45, 7) is 4.59. The van der Waals surface area contributed by atoms with Crippen molar-refractivity contribution in [3.8, 4) is 5.75 Å². The van der Waals surface area contributed by atoms with Gasteiger partial charge in [0.1, 0.15) is 5.75 Å². The van der Waals surface area contributed by atoms with Crippen LogP contribution in [0.4, 0.5) is 5.69 Å². The van der Waals surface area contributed by atoms with E-state index in [0.29, 0.717) is 11.8 Å². The highest BCUT2D eigenvalue weighted by molar-refractivity contribution is 6.30. The van der Waals surface area contributed by atoms with Crippen LogP contribution in [-0.2, 0) is 0 Å². The molecule has 0 aliphatic rings. The van der Waals surface area contributed by atoms with Crippen LogP contribution in [0.15, 0.2) is 42.5 Å². The Balaban J connectivity index is 2.04. The normalized spacial score (nSPS) is 10.3. The molecule has 2 rings (SSSR count). The van der Waals surface area contributed by atoms with E-state index in [2.05, 4.69) is 30.0 Å². The fourth-order valence-electron chi connectivity index (χ4n) is 1.84. The number of nitrogens with zero attached hydrogens (tertiary/aromatic N) is 1. The van der Waals surface area contributed by atoms with E-state index in [9.17, 15) is 0 Å². The molecule has 0 bridgehead atoms. The van der Waals surface area contributed by atoms with Crippen molar-refractivity contribution in [3.05, 3.63) is 58.6 Å². The molecule has 0 heterocycles. The van der Waals surface area contributed by atoms with Crippen LogP contribution < -0.4 is 9.64 Å². The lowest BCUT2D eigenvalue weighted by Gasteiger charge is -2.21. The molecular formula is C16H18ClNO. The van der Waals surface area contributed by atoms with E-state index >= 15 is 0 Å². The predicted molar refractivity (Wildman–Crippen MR) is 81.3 cm³/mol. The average molecular weight is 276 g/mol. The summed E-state index contributed by atoms with van der Waals surface area (Å²) < 4.78 is 5.82. The number of ether oxygens (including phenoxy) is 1. The molecule has 0 saturated carbocycles. The fraction of sp³-hybridized carbons (Fsp3) is 0.250. The first kappa shape index (κ1) is 13.8. The van der Waals surface area contributed by atoms with Crippen LogP contribution in [0.2, 0.25) is 5.02 Å². The first-order valence-electron chi connectivity index (χ1n) is 6.23. The van der Waals surface area contributed by atoms with E-state index in [4.69, 9.17) is 16.3 Å². The number of hydrogen-bond acceptors (Lipinski definition) is 2. The molecule has 3 heteroatoms. The third-order valence-corrected chi connectivity index (χ3v) is 3.24. The Kier molecular flexibility index (Phi) is 4.33. The first-order valence-corrected chi connectivity index (χ1v) is 6.61. The Morgan fingerprint density at radius 3 is 2.63 bits per heavy atom. The largest absolute Gasteiger partial charge is 0.473 e. The maximum atomic E-state index is 5.98. The maximum Gasteiger partial charge on any atom is 0.161 e. The minimum absolute atomic E-state index is 0.491. The van der Waals surface area contributed by atoms with Gasteiger partial charge < -0.3 is 9.64 Å². The topological polar surface area (TPSA) is 12.5 Å². The molecule has 2 aromatic rings. The molecule has 0 aromatic heterocycles. The molecule has 0 amide bonds. The first-order chi connectivity index (χ1) is 9.06. The third kappa shape index (κ3) is 3.65.